The first-order chi connectivity index (χ1) is 15.3. The minimum atomic E-state index is 0.678. The van der Waals surface area contributed by atoms with Crippen molar-refractivity contribution in [3.05, 3.63) is 96.8 Å². The largest absolute Gasteiger partial charge is 0.365 e. The fourth-order valence-corrected chi connectivity index (χ4v) is 3.54. The van der Waals surface area contributed by atoms with E-state index in [-0.39, 0.29) is 0 Å². The van der Waals surface area contributed by atoms with Crippen molar-refractivity contribution in [1.29, 1.82) is 0 Å². The summed E-state index contributed by atoms with van der Waals surface area (Å²) in [7, 11) is 0. The number of anilines is 1. The monoisotopic (exact) mass is 404 g/mol. The maximum absolute atomic E-state index is 4.59. The van der Waals surface area contributed by atoms with Gasteiger partial charge in [-0.2, -0.15) is 10.2 Å². The second kappa shape index (κ2) is 8.28. The van der Waals surface area contributed by atoms with Gasteiger partial charge >= 0.3 is 0 Å². The molecule has 0 aliphatic carbocycles. The Morgan fingerprint density at radius 2 is 1.55 bits per heavy atom. The van der Waals surface area contributed by atoms with Crippen LogP contribution in [-0.2, 0) is 6.54 Å². The molecule has 5 aromatic rings. The zero-order valence-electron chi connectivity index (χ0n) is 17.0. The number of aromatic nitrogens is 5. The Hall–Kier alpha value is -4.19. The number of pyridine rings is 3. The van der Waals surface area contributed by atoms with Crippen LogP contribution < -0.4 is 5.32 Å². The van der Waals surface area contributed by atoms with E-state index in [0.717, 1.165) is 33.5 Å². The van der Waals surface area contributed by atoms with Crippen molar-refractivity contribution < 1.29 is 0 Å². The van der Waals surface area contributed by atoms with Crippen LogP contribution in [0.3, 0.4) is 0 Å². The minimum absolute atomic E-state index is 0.678. The van der Waals surface area contributed by atoms with Crippen molar-refractivity contribution in [1.82, 2.24) is 25.1 Å². The van der Waals surface area contributed by atoms with Crippen LogP contribution in [-0.4, -0.2) is 25.1 Å². The molecule has 4 heterocycles. The van der Waals surface area contributed by atoms with E-state index in [1.54, 1.807) is 12.4 Å². The number of hydrogen-bond donors (Lipinski definition) is 1. The van der Waals surface area contributed by atoms with Crippen LogP contribution in [0.1, 0.15) is 11.3 Å². The van der Waals surface area contributed by atoms with Crippen LogP contribution in [0.4, 0.5) is 5.82 Å². The van der Waals surface area contributed by atoms with Gasteiger partial charge < -0.3 is 5.32 Å². The highest BCUT2D eigenvalue weighted by molar-refractivity contribution is 5.93. The van der Waals surface area contributed by atoms with Crippen LogP contribution in [0.15, 0.2) is 85.6 Å². The van der Waals surface area contributed by atoms with Crippen LogP contribution >= 0.6 is 0 Å². The predicted molar refractivity (Wildman–Crippen MR) is 122 cm³/mol. The summed E-state index contributed by atoms with van der Waals surface area (Å²) in [5.41, 5.74) is 6.35. The van der Waals surface area contributed by atoms with Gasteiger partial charge in [0.25, 0.3) is 0 Å². The number of nitrogens with one attached hydrogen (secondary N) is 1. The van der Waals surface area contributed by atoms with E-state index in [1.807, 2.05) is 49.8 Å². The molecule has 0 aliphatic heterocycles. The molecule has 6 heteroatoms. The Kier molecular flexibility index (Phi) is 5.02. The molecule has 0 aliphatic rings. The molecular weight excluding hydrogens is 384 g/mol. The number of hydrogen-bond acceptors (Lipinski definition) is 6. The number of nitrogens with zero attached hydrogens (tertiary/aromatic N) is 5. The van der Waals surface area contributed by atoms with Gasteiger partial charge in [-0.3, -0.25) is 9.97 Å². The molecule has 0 saturated carbocycles. The summed E-state index contributed by atoms with van der Waals surface area (Å²) in [6.07, 6.45) is 8.90. The van der Waals surface area contributed by atoms with Crippen molar-refractivity contribution in [3.63, 3.8) is 0 Å². The van der Waals surface area contributed by atoms with Gasteiger partial charge in [0.05, 0.1) is 18.1 Å². The normalized spacial score (nSPS) is 10.9. The third kappa shape index (κ3) is 4.09. The molecule has 0 spiro atoms. The van der Waals surface area contributed by atoms with E-state index >= 15 is 0 Å². The Morgan fingerprint density at radius 1 is 0.710 bits per heavy atom. The van der Waals surface area contributed by atoms with Crippen molar-refractivity contribution in [2.24, 2.45) is 0 Å². The summed E-state index contributed by atoms with van der Waals surface area (Å²) in [4.78, 5) is 13.4. The Balaban J connectivity index is 1.35. The summed E-state index contributed by atoms with van der Waals surface area (Å²) in [5, 5.41) is 13.3. The summed E-state index contributed by atoms with van der Waals surface area (Å²) in [6.45, 7) is 2.68. The van der Waals surface area contributed by atoms with Gasteiger partial charge in [0.2, 0.25) is 0 Å². The maximum Gasteiger partial charge on any atom is 0.135 e. The first-order valence-electron chi connectivity index (χ1n) is 10.0. The molecule has 0 fully saturated rings. The second-order valence-corrected chi connectivity index (χ2v) is 7.32. The summed E-state index contributed by atoms with van der Waals surface area (Å²) in [6, 6.07) is 18.6. The lowest BCUT2D eigenvalue weighted by Gasteiger charge is -2.10. The number of benzene rings is 1. The smallest absolute Gasteiger partial charge is 0.135 e. The van der Waals surface area contributed by atoms with Crippen LogP contribution in [0, 0.1) is 6.92 Å². The lowest BCUT2D eigenvalue weighted by Crippen LogP contribution is -2.02. The Morgan fingerprint density at radius 3 is 2.35 bits per heavy atom. The zero-order chi connectivity index (χ0) is 21.0. The molecule has 150 valence electrons. The number of fused-ring (bicyclic) bond motifs is 1. The van der Waals surface area contributed by atoms with Crippen molar-refractivity contribution in [3.8, 4) is 22.4 Å². The molecule has 1 N–H and O–H groups in total. The van der Waals surface area contributed by atoms with E-state index in [2.05, 4.69) is 60.8 Å². The van der Waals surface area contributed by atoms with Crippen molar-refractivity contribution in [2.75, 3.05) is 5.32 Å². The second-order valence-electron chi connectivity index (χ2n) is 7.32. The van der Waals surface area contributed by atoms with E-state index in [0.29, 0.717) is 6.54 Å². The molecule has 0 radical (unpaired) electrons. The van der Waals surface area contributed by atoms with Gasteiger partial charge in [0.15, 0.2) is 0 Å². The van der Waals surface area contributed by atoms with Crippen LogP contribution in [0.5, 0.6) is 0 Å². The van der Waals surface area contributed by atoms with Gasteiger partial charge in [-0.1, -0.05) is 24.3 Å². The minimum Gasteiger partial charge on any atom is -0.365 e. The third-order valence-electron chi connectivity index (χ3n) is 5.17. The molecule has 5 rings (SSSR count). The topological polar surface area (TPSA) is 76.5 Å². The first kappa shape index (κ1) is 18.8. The van der Waals surface area contributed by atoms with E-state index in [1.165, 1.54) is 16.7 Å². The van der Waals surface area contributed by atoms with E-state index in [9.17, 15) is 0 Å². The lowest BCUT2D eigenvalue weighted by molar-refractivity contribution is 1.03. The average molecular weight is 404 g/mol. The fraction of sp³-hybridized carbons (Fsp3) is 0.0800. The van der Waals surface area contributed by atoms with E-state index in [4.69, 9.17) is 0 Å². The molecule has 0 amide bonds. The predicted octanol–water partition coefficient (Wildman–Crippen LogP) is 5.07. The highest BCUT2D eigenvalue weighted by Gasteiger charge is 2.07. The molecular formula is C25H20N6. The zero-order valence-corrected chi connectivity index (χ0v) is 17.0. The summed E-state index contributed by atoms with van der Waals surface area (Å²) < 4.78 is 0. The van der Waals surface area contributed by atoms with Gasteiger partial charge in [-0.25, -0.2) is 4.98 Å². The standard InChI is InChI=1S/C25H20N6/c1-17-12-20(6-9-26-17)19-4-2-18(3-5-19)14-29-25-23-16-28-24(13-21(23)7-10-27-25)22-8-11-30-31-15-22/h2-13,15-16H,14H2,1H3,(H,27,29). The van der Waals surface area contributed by atoms with Gasteiger partial charge in [-0.05, 0) is 59.3 Å². The molecule has 6 nitrogen and oxygen atoms in total. The molecule has 0 atom stereocenters. The number of aryl methyl sites for hydroxylation is 1. The first-order valence-corrected chi connectivity index (χ1v) is 10.0. The molecule has 0 unspecified atom stereocenters. The molecule has 4 aromatic heterocycles. The molecule has 0 saturated heterocycles. The number of rotatable bonds is 5. The maximum atomic E-state index is 4.59. The summed E-state index contributed by atoms with van der Waals surface area (Å²) in [5.74, 6) is 0.818. The quantitative estimate of drug-likeness (QED) is 0.441. The average Bonchev–Trinajstić information content (AvgIpc) is 2.83. The van der Waals surface area contributed by atoms with Gasteiger partial charge in [0, 0.05) is 41.8 Å². The Bertz CT molecular complexity index is 1330. The van der Waals surface area contributed by atoms with Crippen molar-refractivity contribution >= 4 is 16.6 Å². The molecule has 0 bridgehead atoms. The molecule has 31 heavy (non-hydrogen) atoms. The molecule has 1 aromatic carbocycles. The fourth-order valence-electron chi connectivity index (χ4n) is 3.54. The highest BCUT2D eigenvalue weighted by atomic mass is 15.1. The summed E-state index contributed by atoms with van der Waals surface area (Å²) >= 11 is 0. The van der Waals surface area contributed by atoms with Crippen molar-refractivity contribution in [2.45, 2.75) is 13.5 Å². The Labute approximate surface area is 180 Å². The van der Waals surface area contributed by atoms with Gasteiger partial charge in [0.1, 0.15) is 5.82 Å². The van der Waals surface area contributed by atoms with Crippen LogP contribution in [0.25, 0.3) is 33.2 Å². The van der Waals surface area contributed by atoms with E-state index < -0.39 is 0 Å². The highest BCUT2D eigenvalue weighted by Crippen LogP contribution is 2.25. The SMILES string of the molecule is Cc1cc(-c2ccc(CNc3nccc4cc(-c5ccnnc5)ncc34)cc2)ccn1. The lowest BCUT2D eigenvalue weighted by atomic mass is 10.0. The third-order valence-corrected chi connectivity index (χ3v) is 5.17. The van der Waals surface area contributed by atoms with Gasteiger partial charge in [-0.15, -0.1) is 0 Å². The van der Waals surface area contributed by atoms with Crippen LogP contribution in [0.2, 0.25) is 0 Å².